The molecule has 26 heavy (non-hydrogen) atoms. The van der Waals surface area contributed by atoms with Crippen LogP contribution in [0.3, 0.4) is 0 Å². The van der Waals surface area contributed by atoms with Crippen LogP contribution in [0.15, 0.2) is 54.6 Å². The van der Waals surface area contributed by atoms with Crippen LogP contribution in [-0.2, 0) is 14.3 Å². The predicted octanol–water partition coefficient (Wildman–Crippen LogP) is 3.24. The molecule has 0 spiro atoms. The highest BCUT2D eigenvalue weighted by atomic mass is 16.5. The molecule has 0 saturated heterocycles. The van der Waals surface area contributed by atoms with Crippen molar-refractivity contribution in [3.63, 3.8) is 0 Å². The fourth-order valence-electron chi connectivity index (χ4n) is 2.50. The second-order valence-corrected chi connectivity index (χ2v) is 5.73. The maximum absolute atomic E-state index is 12.6. The SMILES string of the molecule is CCN(C(=O)C(C)OC(=O)c1cccc(NC(C)=O)c1)c1ccccc1. The molecular formula is C20H22N2O4. The Morgan fingerprint density at radius 3 is 2.38 bits per heavy atom. The van der Waals surface area contributed by atoms with Crippen LogP contribution in [0.25, 0.3) is 0 Å². The minimum Gasteiger partial charge on any atom is -0.449 e. The van der Waals surface area contributed by atoms with Crippen molar-refractivity contribution in [2.45, 2.75) is 26.9 Å². The van der Waals surface area contributed by atoms with Crippen molar-refractivity contribution < 1.29 is 19.1 Å². The number of carbonyl (C=O) groups is 3. The molecule has 2 rings (SSSR count). The summed E-state index contributed by atoms with van der Waals surface area (Å²) in [5.74, 6) is -1.16. The number of anilines is 2. The number of amides is 2. The molecule has 0 aliphatic carbocycles. The molecule has 1 unspecified atom stereocenters. The zero-order valence-electron chi connectivity index (χ0n) is 15.1. The van der Waals surface area contributed by atoms with Crippen LogP contribution in [0.2, 0.25) is 0 Å². The first kappa shape index (κ1) is 19.2. The van der Waals surface area contributed by atoms with Crippen molar-refractivity contribution in [3.05, 3.63) is 60.2 Å². The standard InChI is InChI=1S/C20H22N2O4/c1-4-22(18-11-6-5-7-12-18)19(24)14(2)26-20(25)16-9-8-10-17(13-16)21-15(3)23/h5-14H,4H2,1-3H3,(H,21,23). The summed E-state index contributed by atoms with van der Waals surface area (Å²) in [6.07, 6.45) is -0.938. The summed E-state index contributed by atoms with van der Waals surface area (Å²) in [5, 5.41) is 2.60. The predicted molar refractivity (Wildman–Crippen MR) is 100 cm³/mol. The van der Waals surface area contributed by atoms with Crippen molar-refractivity contribution in [3.8, 4) is 0 Å². The first-order chi connectivity index (χ1) is 12.4. The zero-order chi connectivity index (χ0) is 19.1. The Morgan fingerprint density at radius 2 is 1.77 bits per heavy atom. The summed E-state index contributed by atoms with van der Waals surface area (Å²) in [6, 6.07) is 15.6. The van der Waals surface area contributed by atoms with E-state index in [-0.39, 0.29) is 17.4 Å². The Labute approximate surface area is 152 Å². The number of likely N-dealkylation sites (N-methyl/N-ethyl adjacent to an activating group) is 1. The van der Waals surface area contributed by atoms with Gasteiger partial charge in [0.25, 0.3) is 5.91 Å². The van der Waals surface area contributed by atoms with E-state index in [1.165, 1.54) is 13.0 Å². The number of benzene rings is 2. The summed E-state index contributed by atoms with van der Waals surface area (Å²) >= 11 is 0. The third-order valence-electron chi connectivity index (χ3n) is 3.70. The largest absolute Gasteiger partial charge is 0.449 e. The summed E-state index contributed by atoms with van der Waals surface area (Å²) in [6.45, 7) is 5.25. The number of nitrogens with one attached hydrogen (secondary N) is 1. The van der Waals surface area contributed by atoms with Crippen molar-refractivity contribution in [1.82, 2.24) is 0 Å². The van der Waals surface area contributed by atoms with Crippen LogP contribution in [-0.4, -0.2) is 30.4 Å². The molecule has 6 heteroatoms. The molecule has 0 fully saturated rings. The van der Waals surface area contributed by atoms with Crippen molar-refractivity contribution in [2.75, 3.05) is 16.8 Å². The van der Waals surface area contributed by atoms with E-state index < -0.39 is 12.1 Å². The van der Waals surface area contributed by atoms with Crippen LogP contribution in [0, 0.1) is 0 Å². The molecule has 0 bridgehead atoms. The van der Waals surface area contributed by atoms with Gasteiger partial charge in [0.2, 0.25) is 5.91 Å². The van der Waals surface area contributed by atoms with Gasteiger partial charge in [-0.1, -0.05) is 24.3 Å². The monoisotopic (exact) mass is 354 g/mol. The third-order valence-corrected chi connectivity index (χ3v) is 3.70. The Morgan fingerprint density at radius 1 is 1.08 bits per heavy atom. The van der Waals surface area contributed by atoms with Gasteiger partial charge in [-0.2, -0.15) is 0 Å². The number of rotatable bonds is 6. The first-order valence-electron chi connectivity index (χ1n) is 8.37. The summed E-state index contributed by atoms with van der Waals surface area (Å²) in [5.41, 5.74) is 1.50. The number of ether oxygens (including phenoxy) is 1. The molecule has 2 aromatic carbocycles. The van der Waals surface area contributed by atoms with Crippen LogP contribution in [0.1, 0.15) is 31.1 Å². The van der Waals surface area contributed by atoms with E-state index in [0.717, 1.165) is 5.69 Å². The molecule has 2 amide bonds. The number of para-hydroxylation sites is 1. The van der Waals surface area contributed by atoms with Gasteiger partial charge in [0.1, 0.15) is 0 Å². The summed E-state index contributed by atoms with van der Waals surface area (Å²) in [7, 11) is 0. The van der Waals surface area contributed by atoms with E-state index in [1.807, 2.05) is 37.3 Å². The van der Waals surface area contributed by atoms with Crippen molar-refractivity contribution >= 4 is 29.2 Å². The van der Waals surface area contributed by atoms with E-state index >= 15 is 0 Å². The van der Waals surface area contributed by atoms with Gasteiger partial charge in [0.15, 0.2) is 6.10 Å². The molecule has 0 aliphatic rings. The molecule has 0 radical (unpaired) electrons. The van der Waals surface area contributed by atoms with Gasteiger partial charge in [-0.15, -0.1) is 0 Å². The van der Waals surface area contributed by atoms with E-state index in [9.17, 15) is 14.4 Å². The lowest BCUT2D eigenvalue weighted by Gasteiger charge is -2.24. The van der Waals surface area contributed by atoms with Crippen LogP contribution in [0.5, 0.6) is 0 Å². The maximum atomic E-state index is 12.6. The van der Waals surface area contributed by atoms with Crippen molar-refractivity contribution in [2.24, 2.45) is 0 Å². The van der Waals surface area contributed by atoms with Crippen LogP contribution < -0.4 is 10.2 Å². The fourth-order valence-corrected chi connectivity index (χ4v) is 2.50. The molecule has 0 aromatic heterocycles. The van der Waals surface area contributed by atoms with Crippen molar-refractivity contribution in [1.29, 1.82) is 0 Å². The molecule has 0 saturated carbocycles. The third kappa shape index (κ3) is 4.92. The number of hydrogen-bond acceptors (Lipinski definition) is 4. The number of esters is 1. The minimum absolute atomic E-state index is 0.236. The fraction of sp³-hybridized carbons (Fsp3) is 0.250. The summed E-state index contributed by atoms with van der Waals surface area (Å²) < 4.78 is 5.32. The lowest BCUT2D eigenvalue weighted by molar-refractivity contribution is -0.126. The van der Waals surface area contributed by atoms with Gasteiger partial charge in [-0.05, 0) is 44.2 Å². The second kappa shape index (κ2) is 8.80. The Hall–Kier alpha value is -3.15. The smallest absolute Gasteiger partial charge is 0.338 e. The van der Waals surface area contributed by atoms with E-state index in [1.54, 1.807) is 30.0 Å². The van der Waals surface area contributed by atoms with Gasteiger partial charge in [-0.3, -0.25) is 9.59 Å². The molecule has 0 heterocycles. The molecule has 0 aliphatic heterocycles. The molecule has 6 nitrogen and oxygen atoms in total. The Balaban J connectivity index is 2.08. The number of carbonyl (C=O) groups excluding carboxylic acids is 3. The van der Waals surface area contributed by atoms with Gasteiger partial charge in [0, 0.05) is 24.8 Å². The Bertz CT molecular complexity index is 789. The van der Waals surface area contributed by atoms with Gasteiger partial charge in [-0.25, -0.2) is 4.79 Å². The van der Waals surface area contributed by atoms with Crippen LogP contribution in [0.4, 0.5) is 11.4 Å². The Kier molecular flexibility index (Phi) is 6.49. The van der Waals surface area contributed by atoms with E-state index in [0.29, 0.717) is 12.2 Å². The summed E-state index contributed by atoms with van der Waals surface area (Å²) in [4.78, 5) is 37.7. The highest BCUT2D eigenvalue weighted by molar-refractivity contribution is 5.99. The normalized spacial score (nSPS) is 11.3. The van der Waals surface area contributed by atoms with Crippen LogP contribution >= 0.6 is 0 Å². The second-order valence-electron chi connectivity index (χ2n) is 5.73. The average molecular weight is 354 g/mol. The molecule has 1 N–H and O–H groups in total. The quantitative estimate of drug-likeness (QED) is 0.808. The topological polar surface area (TPSA) is 75.7 Å². The first-order valence-corrected chi connectivity index (χ1v) is 8.37. The zero-order valence-corrected chi connectivity index (χ0v) is 15.1. The lowest BCUT2D eigenvalue weighted by Crippen LogP contribution is -2.40. The van der Waals surface area contributed by atoms with Gasteiger partial charge in [0.05, 0.1) is 5.56 Å². The number of nitrogens with zero attached hydrogens (tertiary/aromatic N) is 1. The van der Waals surface area contributed by atoms with E-state index in [2.05, 4.69) is 5.32 Å². The molecule has 2 aromatic rings. The molecule has 136 valence electrons. The van der Waals surface area contributed by atoms with Gasteiger partial charge >= 0.3 is 5.97 Å². The minimum atomic E-state index is -0.938. The lowest BCUT2D eigenvalue weighted by atomic mass is 10.2. The maximum Gasteiger partial charge on any atom is 0.338 e. The highest BCUT2D eigenvalue weighted by Gasteiger charge is 2.24. The average Bonchev–Trinajstić information content (AvgIpc) is 2.62. The van der Waals surface area contributed by atoms with E-state index in [4.69, 9.17) is 4.74 Å². The number of hydrogen-bond donors (Lipinski definition) is 1. The van der Waals surface area contributed by atoms with Gasteiger partial charge < -0.3 is 15.0 Å². The molecular weight excluding hydrogens is 332 g/mol. The molecule has 1 atom stereocenters. The highest BCUT2D eigenvalue weighted by Crippen LogP contribution is 2.17.